The minimum absolute atomic E-state index is 0.0923. The number of hydrogen-bond donors (Lipinski definition) is 1. The fourth-order valence-corrected chi connectivity index (χ4v) is 3.72. The van der Waals surface area contributed by atoms with Crippen LogP contribution in [0.2, 0.25) is 0 Å². The monoisotopic (exact) mass is 403 g/mol. The molecule has 0 radical (unpaired) electrons. The number of aromatic nitrogens is 3. The van der Waals surface area contributed by atoms with Gasteiger partial charge in [0.05, 0.1) is 5.69 Å². The zero-order valence-electron chi connectivity index (χ0n) is 18.1. The lowest BCUT2D eigenvalue weighted by Gasteiger charge is -2.29. The molecule has 2 aromatic heterocycles. The second-order valence-electron chi connectivity index (χ2n) is 8.94. The van der Waals surface area contributed by atoms with E-state index in [0.29, 0.717) is 12.2 Å². The predicted octanol–water partition coefficient (Wildman–Crippen LogP) is 3.61. The van der Waals surface area contributed by atoms with Crippen LogP contribution in [-0.2, 0) is 32.0 Å². The third-order valence-electron chi connectivity index (χ3n) is 5.60. The van der Waals surface area contributed by atoms with Gasteiger partial charge in [-0.2, -0.15) is 5.10 Å². The predicted molar refractivity (Wildman–Crippen MR) is 119 cm³/mol. The molecule has 6 nitrogen and oxygen atoms in total. The fraction of sp³-hybridized carbons (Fsp3) is 0.375. The Labute approximate surface area is 177 Å². The molecule has 6 heteroatoms. The average Bonchev–Trinajstić information content (AvgIpc) is 3.14. The zero-order chi connectivity index (χ0) is 21.3. The van der Waals surface area contributed by atoms with Gasteiger partial charge in [0.1, 0.15) is 11.5 Å². The first-order chi connectivity index (χ1) is 14.3. The standard InChI is InChI=1S/C24H29N5O/c1-24(2,3)21-13-20(28(4)27-21)23(30)26-15-17-9-10-22(25-14-17)29-12-11-18-7-5-6-8-19(18)16-29/h5-10,13-14H,11-12,15-16H2,1-4H3,(H,26,30). The van der Waals surface area contributed by atoms with Gasteiger partial charge in [-0.3, -0.25) is 9.48 Å². The van der Waals surface area contributed by atoms with Gasteiger partial charge in [0.15, 0.2) is 0 Å². The van der Waals surface area contributed by atoms with Crippen molar-refractivity contribution in [3.8, 4) is 0 Å². The van der Waals surface area contributed by atoms with E-state index in [9.17, 15) is 4.79 Å². The van der Waals surface area contributed by atoms with Crippen LogP contribution in [0, 0.1) is 0 Å². The van der Waals surface area contributed by atoms with Gasteiger partial charge < -0.3 is 10.2 Å². The number of nitrogens with zero attached hydrogens (tertiary/aromatic N) is 4. The number of hydrogen-bond acceptors (Lipinski definition) is 4. The highest BCUT2D eigenvalue weighted by Gasteiger charge is 2.22. The van der Waals surface area contributed by atoms with E-state index >= 15 is 0 Å². The van der Waals surface area contributed by atoms with E-state index in [2.05, 4.69) is 65.3 Å². The fourth-order valence-electron chi connectivity index (χ4n) is 3.72. The molecule has 156 valence electrons. The molecular weight excluding hydrogens is 374 g/mol. The van der Waals surface area contributed by atoms with Crippen LogP contribution in [0.25, 0.3) is 0 Å². The highest BCUT2D eigenvalue weighted by molar-refractivity contribution is 5.92. The van der Waals surface area contributed by atoms with E-state index in [4.69, 9.17) is 0 Å². The Morgan fingerprint density at radius 3 is 2.57 bits per heavy atom. The summed E-state index contributed by atoms with van der Waals surface area (Å²) in [5.74, 6) is 0.846. The number of amides is 1. The maximum atomic E-state index is 12.6. The van der Waals surface area contributed by atoms with Crippen LogP contribution in [-0.4, -0.2) is 27.2 Å². The van der Waals surface area contributed by atoms with Crippen LogP contribution in [0.3, 0.4) is 0 Å². The highest BCUT2D eigenvalue weighted by atomic mass is 16.2. The van der Waals surface area contributed by atoms with Gasteiger partial charge in [-0.05, 0) is 35.2 Å². The van der Waals surface area contributed by atoms with Crippen molar-refractivity contribution in [3.63, 3.8) is 0 Å². The molecule has 0 aliphatic carbocycles. The molecule has 1 aliphatic heterocycles. The van der Waals surface area contributed by atoms with Gasteiger partial charge in [-0.1, -0.05) is 51.1 Å². The Morgan fingerprint density at radius 2 is 1.90 bits per heavy atom. The molecule has 1 amide bonds. The summed E-state index contributed by atoms with van der Waals surface area (Å²) < 4.78 is 1.64. The van der Waals surface area contributed by atoms with Crippen molar-refractivity contribution in [2.45, 2.75) is 45.7 Å². The summed E-state index contributed by atoms with van der Waals surface area (Å²) >= 11 is 0. The average molecular weight is 404 g/mol. The number of anilines is 1. The summed E-state index contributed by atoms with van der Waals surface area (Å²) in [5, 5.41) is 7.45. The van der Waals surface area contributed by atoms with E-state index < -0.39 is 0 Å². The van der Waals surface area contributed by atoms with Gasteiger partial charge in [0.25, 0.3) is 5.91 Å². The summed E-state index contributed by atoms with van der Waals surface area (Å²) in [6, 6.07) is 14.5. The van der Waals surface area contributed by atoms with Gasteiger partial charge in [-0.25, -0.2) is 4.98 Å². The number of carbonyl (C=O) groups excluding carboxylic acids is 1. The Bertz CT molecular complexity index is 1050. The lowest BCUT2D eigenvalue weighted by Crippen LogP contribution is -2.31. The van der Waals surface area contributed by atoms with E-state index in [0.717, 1.165) is 36.6 Å². The molecule has 3 heterocycles. The van der Waals surface area contributed by atoms with Crippen molar-refractivity contribution in [2.75, 3.05) is 11.4 Å². The second-order valence-corrected chi connectivity index (χ2v) is 8.94. The van der Waals surface area contributed by atoms with E-state index in [1.54, 1.807) is 11.7 Å². The third-order valence-corrected chi connectivity index (χ3v) is 5.60. The Kier molecular flexibility index (Phi) is 5.33. The van der Waals surface area contributed by atoms with Crippen molar-refractivity contribution in [1.82, 2.24) is 20.1 Å². The first kappa shape index (κ1) is 20.1. The van der Waals surface area contributed by atoms with Gasteiger partial charge in [-0.15, -0.1) is 0 Å². The number of nitrogens with one attached hydrogen (secondary N) is 1. The maximum absolute atomic E-state index is 12.6. The number of benzene rings is 1. The molecule has 4 rings (SSSR count). The normalized spacial score (nSPS) is 13.8. The molecule has 0 spiro atoms. The molecule has 30 heavy (non-hydrogen) atoms. The number of carbonyl (C=O) groups is 1. The molecule has 1 aromatic carbocycles. The summed E-state index contributed by atoms with van der Waals surface area (Å²) in [6.07, 6.45) is 2.89. The van der Waals surface area contributed by atoms with Crippen molar-refractivity contribution in [2.24, 2.45) is 7.05 Å². The Morgan fingerprint density at radius 1 is 1.13 bits per heavy atom. The van der Waals surface area contributed by atoms with Gasteiger partial charge in [0.2, 0.25) is 0 Å². The quantitative estimate of drug-likeness (QED) is 0.723. The molecule has 0 atom stereocenters. The molecule has 1 N–H and O–H groups in total. The lowest BCUT2D eigenvalue weighted by atomic mass is 9.92. The van der Waals surface area contributed by atoms with Gasteiger partial charge in [0, 0.05) is 38.3 Å². The minimum atomic E-state index is -0.128. The molecule has 3 aromatic rings. The maximum Gasteiger partial charge on any atom is 0.269 e. The molecule has 0 saturated heterocycles. The summed E-state index contributed by atoms with van der Waals surface area (Å²) in [6.45, 7) is 8.55. The summed E-state index contributed by atoms with van der Waals surface area (Å²) in [4.78, 5) is 19.5. The van der Waals surface area contributed by atoms with Crippen LogP contribution in [0.4, 0.5) is 5.82 Å². The molecule has 0 unspecified atom stereocenters. The largest absolute Gasteiger partial charge is 0.352 e. The van der Waals surface area contributed by atoms with E-state index in [1.807, 2.05) is 24.4 Å². The number of rotatable bonds is 4. The smallest absolute Gasteiger partial charge is 0.269 e. The minimum Gasteiger partial charge on any atom is -0.352 e. The van der Waals surface area contributed by atoms with Crippen molar-refractivity contribution in [1.29, 1.82) is 0 Å². The van der Waals surface area contributed by atoms with Crippen molar-refractivity contribution in [3.05, 3.63) is 76.7 Å². The first-order valence-corrected chi connectivity index (χ1v) is 10.4. The van der Waals surface area contributed by atoms with Crippen LogP contribution >= 0.6 is 0 Å². The third kappa shape index (κ3) is 4.22. The van der Waals surface area contributed by atoms with Crippen molar-refractivity contribution >= 4 is 11.7 Å². The van der Waals surface area contributed by atoms with E-state index in [-0.39, 0.29) is 11.3 Å². The topological polar surface area (TPSA) is 63.1 Å². The second kappa shape index (κ2) is 7.94. The van der Waals surface area contributed by atoms with Crippen LogP contribution < -0.4 is 10.2 Å². The lowest BCUT2D eigenvalue weighted by molar-refractivity contribution is 0.0941. The van der Waals surface area contributed by atoms with Crippen LogP contribution in [0.15, 0.2) is 48.7 Å². The summed E-state index contributed by atoms with van der Waals surface area (Å²) in [5.41, 5.74) is 5.15. The zero-order valence-corrected chi connectivity index (χ0v) is 18.1. The molecular formula is C24H29N5O. The van der Waals surface area contributed by atoms with Crippen LogP contribution in [0.1, 0.15) is 53.6 Å². The Hall–Kier alpha value is -3.15. The number of fused-ring (bicyclic) bond motifs is 1. The van der Waals surface area contributed by atoms with Crippen LogP contribution in [0.5, 0.6) is 0 Å². The molecule has 0 bridgehead atoms. The molecule has 1 aliphatic rings. The first-order valence-electron chi connectivity index (χ1n) is 10.4. The SMILES string of the molecule is Cn1nc(C(C)(C)C)cc1C(=O)NCc1ccc(N2CCc3ccccc3C2)nc1. The van der Waals surface area contributed by atoms with Gasteiger partial charge >= 0.3 is 0 Å². The highest BCUT2D eigenvalue weighted by Crippen LogP contribution is 2.23. The molecule has 0 saturated carbocycles. The molecule has 0 fully saturated rings. The number of aryl methyl sites for hydroxylation is 1. The Balaban J connectivity index is 1.38. The number of pyridine rings is 1. The summed E-state index contributed by atoms with van der Waals surface area (Å²) in [7, 11) is 1.80. The van der Waals surface area contributed by atoms with E-state index in [1.165, 1.54) is 11.1 Å². The van der Waals surface area contributed by atoms with Crippen molar-refractivity contribution < 1.29 is 4.79 Å².